The molecule has 0 aromatic rings. The van der Waals surface area contributed by atoms with Gasteiger partial charge in [-0.25, -0.2) is 4.79 Å². The van der Waals surface area contributed by atoms with E-state index in [4.69, 9.17) is 5.11 Å². The van der Waals surface area contributed by atoms with Crippen LogP contribution in [-0.2, 0) is 19.1 Å². The average Bonchev–Trinajstić information content (AvgIpc) is 2.30. The maximum atomic E-state index is 11.1. The van der Waals surface area contributed by atoms with Gasteiger partial charge in [0.15, 0.2) is 0 Å². The Balaban J connectivity index is 3.48. The van der Waals surface area contributed by atoms with Gasteiger partial charge >= 0.3 is 11.9 Å². The molecular formula is C11H17NO5. The number of esters is 1. The summed E-state index contributed by atoms with van der Waals surface area (Å²) in [5.41, 5.74) is 0. The second-order valence-corrected chi connectivity index (χ2v) is 3.35. The smallest absolute Gasteiger partial charge is 0.330 e. The van der Waals surface area contributed by atoms with Crippen LogP contribution in [0.25, 0.3) is 0 Å². The Morgan fingerprint density at radius 2 is 1.88 bits per heavy atom. The van der Waals surface area contributed by atoms with Crippen molar-refractivity contribution in [2.45, 2.75) is 25.7 Å². The maximum Gasteiger partial charge on any atom is 0.330 e. The van der Waals surface area contributed by atoms with Crippen LogP contribution in [0.1, 0.15) is 25.7 Å². The van der Waals surface area contributed by atoms with Crippen molar-refractivity contribution in [2.24, 2.45) is 0 Å². The van der Waals surface area contributed by atoms with Crippen LogP contribution >= 0.6 is 0 Å². The lowest BCUT2D eigenvalue weighted by molar-refractivity contribution is -0.137. The van der Waals surface area contributed by atoms with E-state index in [2.05, 4.69) is 10.1 Å². The lowest BCUT2D eigenvalue weighted by Gasteiger charge is -2.01. The SMILES string of the molecule is COC(=O)/C=C/C(=O)NCCCCCC(=O)O. The molecule has 0 atom stereocenters. The molecule has 6 nitrogen and oxygen atoms in total. The summed E-state index contributed by atoms with van der Waals surface area (Å²) in [6, 6.07) is 0. The van der Waals surface area contributed by atoms with E-state index in [1.165, 1.54) is 7.11 Å². The van der Waals surface area contributed by atoms with E-state index < -0.39 is 11.9 Å². The summed E-state index contributed by atoms with van der Waals surface area (Å²) >= 11 is 0. The minimum atomic E-state index is -0.810. The number of hydrogen-bond acceptors (Lipinski definition) is 4. The van der Waals surface area contributed by atoms with Crippen LogP contribution in [0.15, 0.2) is 12.2 Å². The molecule has 1 amide bonds. The Morgan fingerprint density at radius 3 is 2.47 bits per heavy atom. The van der Waals surface area contributed by atoms with Crippen molar-refractivity contribution in [1.82, 2.24) is 5.32 Å². The van der Waals surface area contributed by atoms with Crippen molar-refractivity contribution in [1.29, 1.82) is 0 Å². The fourth-order valence-corrected chi connectivity index (χ4v) is 1.06. The molecule has 2 N–H and O–H groups in total. The van der Waals surface area contributed by atoms with Crippen molar-refractivity contribution < 1.29 is 24.2 Å². The van der Waals surface area contributed by atoms with Gasteiger partial charge in [-0.1, -0.05) is 6.42 Å². The molecule has 0 spiro atoms. The molecule has 0 fully saturated rings. The predicted molar refractivity (Wildman–Crippen MR) is 60.3 cm³/mol. The highest BCUT2D eigenvalue weighted by molar-refractivity contribution is 5.94. The normalized spacial score (nSPS) is 10.2. The zero-order chi connectivity index (χ0) is 13.1. The molecule has 0 saturated heterocycles. The molecule has 0 saturated carbocycles. The Bertz CT molecular complexity index is 298. The largest absolute Gasteiger partial charge is 0.481 e. The minimum Gasteiger partial charge on any atom is -0.481 e. The summed E-state index contributed by atoms with van der Waals surface area (Å²) < 4.78 is 4.32. The number of carboxylic acid groups (broad SMARTS) is 1. The second kappa shape index (κ2) is 9.38. The molecular weight excluding hydrogens is 226 g/mol. The number of carboxylic acids is 1. The van der Waals surface area contributed by atoms with E-state index in [9.17, 15) is 14.4 Å². The van der Waals surface area contributed by atoms with E-state index in [-0.39, 0.29) is 12.3 Å². The number of carbonyl (C=O) groups is 3. The van der Waals surface area contributed by atoms with Crippen molar-refractivity contribution in [3.63, 3.8) is 0 Å². The molecule has 0 rings (SSSR count). The van der Waals surface area contributed by atoms with Crippen LogP contribution in [0.4, 0.5) is 0 Å². The van der Waals surface area contributed by atoms with Gasteiger partial charge in [0.1, 0.15) is 0 Å². The topological polar surface area (TPSA) is 92.7 Å². The van der Waals surface area contributed by atoms with Crippen LogP contribution in [-0.4, -0.2) is 36.6 Å². The highest BCUT2D eigenvalue weighted by Gasteiger charge is 1.99. The lowest BCUT2D eigenvalue weighted by atomic mass is 10.2. The van der Waals surface area contributed by atoms with Gasteiger partial charge < -0.3 is 15.2 Å². The first kappa shape index (κ1) is 15.2. The maximum absolute atomic E-state index is 11.1. The molecule has 96 valence electrons. The quantitative estimate of drug-likeness (QED) is 0.367. The van der Waals surface area contributed by atoms with Gasteiger partial charge in [0, 0.05) is 25.1 Å². The molecule has 0 aromatic heterocycles. The van der Waals surface area contributed by atoms with Gasteiger partial charge in [0.2, 0.25) is 5.91 Å². The summed E-state index contributed by atoms with van der Waals surface area (Å²) in [6.07, 6.45) is 4.35. The zero-order valence-electron chi connectivity index (χ0n) is 9.77. The first-order chi connectivity index (χ1) is 8.06. The molecule has 0 unspecified atom stereocenters. The average molecular weight is 243 g/mol. The standard InChI is InChI=1S/C11H17NO5/c1-17-11(16)7-6-9(13)12-8-4-2-3-5-10(14)15/h6-7H,2-5,8H2,1H3,(H,12,13)(H,14,15)/b7-6+. The summed E-state index contributed by atoms with van der Waals surface area (Å²) in [5.74, 6) is -1.76. The summed E-state index contributed by atoms with van der Waals surface area (Å²) in [7, 11) is 1.23. The zero-order valence-corrected chi connectivity index (χ0v) is 9.77. The van der Waals surface area contributed by atoms with E-state index in [0.29, 0.717) is 19.4 Å². The van der Waals surface area contributed by atoms with Crippen LogP contribution in [0.5, 0.6) is 0 Å². The van der Waals surface area contributed by atoms with Crippen molar-refractivity contribution in [3.05, 3.63) is 12.2 Å². The Hall–Kier alpha value is -1.85. The highest BCUT2D eigenvalue weighted by Crippen LogP contribution is 1.98. The van der Waals surface area contributed by atoms with E-state index in [0.717, 1.165) is 18.6 Å². The number of methoxy groups -OCH3 is 1. The van der Waals surface area contributed by atoms with Gasteiger partial charge in [-0.05, 0) is 12.8 Å². The Morgan fingerprint density at radius 1 is 1.18 bits per heavy atom. The molecule has 17 heavy (non-hydrogen) atoms. The third-order valence-corrected chi connectivity index (χ3v) is 1.94. The summed E-state index contributed by atoms with van der Waals surface area (Å²) in [4.78, 5) is 32.0. The van der Waals surface area contributed by atoms with Gasteiger partial charge in [0.05, 0.1) is 7.11 Å². The summed E-state index contributed by atoms with van der Waals surface area (Å²) in [6.45, 7) is 0.462. The van der Waals surface area contributed by atoms with E-state index >= 15 is 0 Å². The van der Waals surface area contributed by atoms with Gasteiger partial charge in [0.25, 0.3) is 0 Å². The van der Waals surface area contributed by atoms with Gasteiger partial charge in [-0.15, -0.1) is 0 Å². The van der Waals surface area contributed by atoms with E-state index in [1.54, 1.807) is 0 Å². The fraction of sp³-hybridized carbons (Fsp3) is 0.545. The molecule has 6 heteroatoms. The monoisotopic (exact) mass is 243 g/mol. The number of aliphatic carboxylic acids is 1. The highest BCUT2D eigenvalue weighted by atomic mass is 16.5. The molecule has 0 aliphatic rings. The fourth-order valence-electron chi connectivity index (χ4n) is 1.06. The van der Waals surface area contributed by atoms with Crippen molar-refractivity contribution >= 4 is 17.8 Å². The Kier molecular flexibility index (Phi) is 8.36. The first-order valence-corrected chi connectivity index (χ1v) is 5.32. The number of unbranched alkanes of at least 4 members (excludes halogenated alkanes) is 2. The number of amides is 1. The molecule has 0 aliphatic heterocycles. The van der Waals surface area contributed by atoms with Crippen LogP contribution < -0.4 is 5.32 Å². The number of ether oxygens (including phenoxy) is 1. The molecule has 0 radical (unpaired) electrons. The second-order valence-electron chi connectivity index (χ2n) is 3.35. The van der Waals surface area contributed by atoms with Crippen LogP contribution in [0.3, 0.4) is 0 Å². The number of rotatable bonds is 8. The van der Waals surface area contributed by atoms with Gasteiger partial charge in [-0.3, -0.25) is 9.59 Å². The lowest BCUT2D eigenvalue weighted by Crippen LogP contribution is -2.22. The summed E-state index contributed by atoms with van der Waals surface area (Å²) in [5, 5.41) is 11.0. The van der Waals surface area contributed by atoms with E-state index in [1.807, 2.05) is 0 Å². The first-order valence-electron chi connectivity index (χ1n) is 5.32. The molecule has 0 bridgehead atoms. The van der Waals surface area contributed by atoms with Crippen LogP contribution in [0, 0.1) is 0 Å². The van der Waals surface area contributed by atoms with Crippen molar-refractivity contribution in [2.75, 3.05) is 13.7 Å². The predicted octanol–water partition coefficient (Wildman–Crippen LogP) is 0.477. The number of carbonyl (C=O) groups excluding carboxylic acids is 2. The molecule has 0 heterocycles. The minimum absolute atomic E-state index is 0.149. The molecule has 0 aromatic carbocycles. The Labute approximate surface area is 99.6 Å². The van der Waals surface area contributed by atoms with Crippen LogP contribution in [0.2, 0.25) is 0 Å². The van der Waals surface area contributed by atoms with Crippen molar-refractivity contribution in [3.8, 4) is 0 Å². The van der Waals surface area contributed by atoms with Gasteiger partial charge in [-0.2, -0.15) is 0 Å². The third-order valence-electron chi connectivity index (χ3n) is 1.94. The number of hydrogen-bond donors (Lipinski definition) is 2. The number of nitrogens with one attached hydrogen (secondary N) is 1. The molecule has 0 aliphatic carbocycles. The third kappa shape index (κ3) is 10.4.